The Kier molecular flexibility index (Phi) is 5.56. The van der Waals surface area contributed by atoms with Crippen LogP contribution in [0.15, 0.2) is 66.1 Å². The van der Waals surface area contributed by atoms with Gasteiger partial charge in [0.2, 0.25) is 11.8 Å². The molecule has 6 nitrogen and oxygen atoms in total. The van der Waals surface area contributed by atoms with Gasteiger partial charge >= 0.3 is 0 Å². The van der Waals surface area contributed by atoms with Crippen LogP contribution in [0.25, 0.3) is 22.0 Å². The van der Waals surface area contributed by atoms with Crippen LogP contribution in [0.2, 0.25) is 0 Å². The monoisotopic (exact) mass is 492 g/mol. The number of aromatic hydroxyl groups is 1. The van der Waals surface area contributed by atoms with Gasteiger partial charge in [0.25, 0.3) is 0 Å². The average Bonchev–Trinajstić information content (AvgIpc) is 3.25. The van der Waals surface area contributed by atoms with Gasteiger partial charge in [0.15, 0.2) is 0 Å². The van der Waals surface area contributed by atoms with Crippen LogP contribution in [-0.4, -0.2) is 15.3 Å². The van der Waals surface area contributed by atoms with Crippen molar-refractivity contribution >= 4 is 10.8 Å². The maximum atomic E-state index is 11.3. The molecule has 0 unspecified atom stereocenters. The van der Waals surface area contributed by atoms with Crippen LogP contribution in [0.1, 0.15) is 69.7 Å². The maximum absolute atomic E-state index is 11.3. The number of rotatable bonds is 2. The third-order valence-electron chi connectivity index (χ3n) is 7.06. The zero-order chi connectivity index (χ0) is 26.7. The lowest BCUT2D eigenvalue weighted by atomic mass is 9.74. The van der Waals surface area contributed by atoms with Crippen LogP contribution < -0.4 is 10.5 Å². The first-order chi connectivity index (χ1) is 17.4. The van der Waals surface area contributed by atoms with E-state index in [0.29, 0.717) is 11.5 Å². The summed E-state index contributed by atoms with van der Waals surface area (Å²) in [5, 5.41) is 31.4. The number of H-pyrrole nitrogens is 1. The Morgan fingerprint density at radius 3 is 2.16 bits per heavy atom. The number of hydrogen-bond donors (Lipinski definition) is 3. The second kappa shape index (κ2) is 8.41. The molecular formula is C31H32N4O2. The van der Waals surface area contributed by atoms with E-state index in [2.05, 4.69) is 82.1 Å². The molecule has 0 fully saturated rings. The number of ether oxygens (including phenoxy) is 1. The van der Waals surface area contributed by atoms with E-state index in [1.54, 1.807) is 0 Å². The molecule has 1 aromatic heterocycles. The molecule has 6 heteroatoms. The molecule has 0 saturated carbocycles. The number of nitriles is 1. The van der Waals surface area contributed by atoms with Gasteiger partial charge in [-0.25, -0.2) is 0 Å². The molecule has 5 rings (SSSR count). The predicted octanol–water partition coefficient (Wildman–Crippen LogP) is 6.75. The van der Waals surface area contributed by atoms with Gasteiger partial charge in [-0.1, -0.05) is 90.1 Å². The van der Waals surface area contributed by atoms with Crippen molar-refractivity contribution in [3.8, 4) is 29.0 Å². The first-order valence-electron chi connectivity index (χ1n) is 12.4. The lowest BCUT2D eigenvalue weighted by Crippen LogP contribution is -2.23. The fourth-order valence-corrected chi connectivity index (χ4v) is 5.11. The van der Waals surface area contributed by atoms with Crippen LogP contribution >= 0.6 is 0 Å². The van der Waals surface area contributed by atoms with Crippen molar-refractivity contribution in [2.75, 3.05) is 0 Å². The van der Waals surface area contributed by atoms with Gasteiger partial charge in [-0.15, -0.1) is 5.10 Å². The molecule has 0 aliphatic carbocycles. The molecule has 2 heterocycles. The van der Waals surface area contributed by atoms with Crippen LogP contribution in [0.3, 0.4) is 0 Å². The molecule has 1 aliphatic rings. The molecule has 3 aromatic carbocycles. The highest BCUT2D eigenvalue weighted by molar-refractivity contribution is 5.87. The van der Waals surface area contributed by atoms with E-state index in [4.69, 9.17) is 10.5 Å². The van der Waals surface area contributed by atoms with Crippen molar-refractivity contribution in [1.82, 2.24) is 10.2 Å². The minimum Gasteiger partial charge on any atom is -0.507 e. The topological polar surface area (TPSA) is 108 Å². The summed E-state index contributed by atoms with van der Waals surface area (Å²) in [4.78, 5) is 0. The van der Waals surface area contributed by atoms with Crippen LogP contribution in [0.4, 0.5) is 0 Å². The summed E-state index contributed by atoms with van der Waals surface area (Å²) in [5.74, 6) is 0.164. The Morgan fingerprint density at radius 1 is 0.946 bits per heavy atom. The minimum atomic E-state index is -0.517. The fourth-order valence-electron chi connectivity index (χ4n) is 5.11. The summed E-state index contributed by atoms with van der Waals surface area (Å²) in [7, 11) is 0. The standard InChI is InChI=1S/C31H32N4O2/c1-30(2,3)22-14-20(15-23(27(22)36)31(4,5)6)24-21(16-32)28(33)37-29-25(24)26(34-35-29)19-12-11-17-9-7-8-10-18(17)13-19/h7-15,24,36H,33H2,1-6H3,(H,34,35)/t24-/m1/s1. The molecule has 0 amide bonds. The highest BCUT2D eigenvalue weighted by Gasteiger charge is 2.38. The molecule has 0 bridgehead atoms. The van der Waals surface area contributed by atoms with Gasteiger partial charge < -0.3 is 15.6 Å². The van der Waals surface area contributed by atoms with Gasteiger partial charge in [0.1, 0.15) is 17.4 Å². The quantitative estimate of drug-likeness (QED) is 0.287. The number of phenols is 1. The van der Waals surface area contributed by atoms with E-state index >= 15 is 0 Å². The highest BCUT2D eigenvalue weighted by atomic mass is 16.5. The van der Waals surface area contributed by atoms with Crippen molar-refractivity contribution < 1.29 is 9.84 Å². The molecule has 4 N–H and O–H groups in total. The number of phenolic OH excluding ortho intramolecular Hbond substituents is 1. The van der Waals surface area contributed by atoms with Crippen molar-refractivity contribution in [1.29, 1.82) is 5.26 Å². The first-order valence-corrected chi connectivity index (χ1v) is 12.4. The zero-order valence-electron chi connectivity index (χ0n) is 22.1. The van der Waals surface area contributed by atoms with E-state index in [0.717, 1.165) is 44.3 Å². The summed E-state index contributed by atoms with van der Waals surface area (Å²) in [5.41, 5.74) is 10.9. The largest absolute Gasteiger partial charge is 0.507 e. The number of nitrogens with zero attached hydrogens (tertiary/aromatic N) is 2. The Labute approximate surface area is 217 Å². The Morgan fingerprint density at radius 2 is 1.57 bits per heavy atom. The summed E-state index contributed by atoms with van der Waals surface area (Å²) in [6.07, 6.45) is 0. The fraction of sp³-hybridized carbons (Fsp3) is 0.290. The molecule has 37 heavy (non-hydrogen) atoms. The van der Waals surface area contributed by atoms with Gasteiger partial charge in [0.05, 0.1) is 17.2 Å². The second-order valence-corrected chi connectivity index (χ2v) is 11.8. The van der Waals surface area contributed by atoms with E-state index in [9.17, 15) is 10.4 Å². The van der Waals surface area contributed by atoms with Crippen molar-refractivity contribution in [3.05, 3.63) is 88.3 Å². The molecule has 0 spiro atoms. The second-order valence-electron chi connectivity index (χ2n) is 11.8. The minimum absolute atomic E-state index is 0.0410. The third-order valence-corrected chi connectivity index (χ3v) is 7.06. The number of aromatic amines is 1. The molecule has 0 saturated heterocycles. The SMILES string of the molecule is CC(C)(C)c1cc([C@@H]2C(C#N)=C(N)Oc3n[nH]c(-c4ccc5ccccc5c4)c32)cc(C(C)(C)C)c1O. The van der Waals surface area contributed by atoms with Crippen LogP contribution in [0, 0.1) is 11.3 Å². The molecule has 1 aliphatic heterocycles. The molecule has 188 valence electrons. The van der Waals surface area contributed by atoms with Gasteiger partial charge in [0, 0.05) is 5.56 Å². The summed E-state index contributed by atoms with van der Waals surface area (Å²) in [6.45, 7) is 12.4. The number of aromatic nitrogens is 2. The number of allylic oxidation sites excluding steroid dienone is 1. The van der Waals surface area contributed by atoms with Crippen molar-refractivity contribution in [2.45, 2.75) is 58.3 Å². The lowest BCUT2D eigenvalue weighted by Gasteiger charge is -2.31. The average molecular weight is 493 g/mol. The predicted molar refractivity (Wildman–Crippen MR) is 146 cm³/mol. The summed E-state index contributed by atoms with van der Waals surface area (Å²) >= 11 is 0. The zero-order valence-corrected chi connectivity index (χ0v) is 22.1. The number of benzene rings is 3. The number of hydrogen-bond acceptors (Lipinski definition) is 5. The van der Waals surface area contributed by atoms with E-state index in [-0.39, 0.29) is 22.5 Å². The molecular weight excluding hydrogens is 460 g/mol. The third kappa shape index (κ3) is 4.11. The van der Waals surface area contributed by atoms with Gasteiger partial charge in [-0.2, -0.15) is 5.26 Å². The van der Waals surface area contributed by atoms with E-state index in [1.807, 2.05) is 30.3 Å². The lowest BCUT2D eigenvalue weighted by molar-refractivity contribution is 0.378. The summed E-state index contributed by atoms with van der Waals surface area (Å²) < 4.78 is 5.84. The van der Waals surface area contributed by atoms with E-state index in [1.165, 1.54) is 0 Å². The smallest absolute Gasteiger partial charge is 0.244 e. The Bertz CT molecular complexity index is 1570. The van der Waals surface area contributed by atoms with Crippen LogP contribution in [0.5, 0.6) is 11.6 Å². The number of fused-ring (bicyclic) bond motifs is 2. The van der Waals surface area contributed by atoms with Gasteiger partial charge in [-0.05, 0) is 44.4 Å². The molecule has 1 atom stereocenters. The molecule has 4 aromatic rings. The van der Waals surface area contributed by atoms with Crippen LogP contribution in [-0.2, 0) is 10.8 Å². The molecule has 0 radical (unpaired) electrons. The van der Waals surface area contributed by atoms with Crippen molar-refractivity contribution in [3.63, 3.8) is 0 Å². The Hall–Kier alpha value is -4.24. The van der Waals surface area contributed by atoms with Gasteiger partial charge in [-0.3, -0.25) is 5.10 Å². The maximum Gasteiger partial charge on any atom is 0.244 e. The van der Waals surface area contributed by atoms with E-state index < -0.39 is 5.92 Å². The normalized spacial score (nSPS) is 15.9. The van der Waals surface area contributed by atoms with Crippen molar-refractivity contribution in [2.24, 2.45) is 5.73 Å². The first kappa shape index (κ1) is 24.5. The Balaban J connectivity index is 1.80. The summed E-state index contributed by atoms with van der Waals surface area (Å²) in [6, 6.07) is 20.7. The number of nitrogens with one attached hydrogen (secondary N) is 1. The highest BCUT2D eigenvalue weighted by Crippen LogP contribution is 2.49. The number of nitrogens with two attached hydrogens (primary N) is 1.